The zero-order valence-electron chi connectivity index (χ0n) is 18.9. The number of aliphatic hydroxyl groups excluding tert-OH is 3. The molecule has 4 aromatic rings. The summed E-state index contributed by atoms with van der Waals surface area (Å²) in [6.07, 6.45) is 2.13. The fourth-order valence-electron chi connectivity index (χ4n) is 4.15. The van der Waals surface area contributed by atoms with E-state index in [0.717, 1.165) is 15.0 Å². The van der Waals surface area contributed by atoms with Crippen molar-refractivity contribution in [1.82, 2.24) is 15.0 Å². The van der Waals surface area contributed by atoms with E-state index in [1.807, 2.05) is 16.1 Å². The molecule has 3 N–H and O–H groups in total. The van der Waals surface area contributed by atoms with Crippen LogP contribution in [0.15, 0.2) is 16.1 Å². The number of nitrogens with zero attached hydrogens (tertiary/aromatic N) is 3. The normalized spacial score (nSPS) is 11.5. The predicted octanol–water partition coefficient (Wildman–Crippen LogP) is 4.23. The molecule has 6 nitrogen and oxygen atoms in total. The molecule has 0 aliphatic carbocycles. The van der Waals surface area contributed by atoms with Crippen LogP contribution in [-0.2, 0) is 39.1 Å². The van der Waals surface area contributed by atoms with Gasteiger partial charge >= 0.3 is 0 Å². The molecule has 4 rings (SSSR count). The maximum Gasteiger partial charge on any atom is 0.0973 e. The summed E-state index contributed by atoms with van der Waals surface area (Å²) in [6.45, 7) is 6.36. The Morgan fingerprint density at radius 3 is 1.03 bits per heavy atom. The molecule has 0 amide bonds. The lowest BCUT2D eigenvalue weighted by Gasteiger charge is -2.21. The molecule has 0 aliphatic heterocycles. The molecular formula is C24H27N3O3S3. The van der Waals surface area contributed by atoms with E-state index in [1.54, 1.807) is 34.0 Å². The Balaban J connectivity index is 1.79. The van der Waals surface area contributed by atoms with Gasteiger partial charge in [-0.2, -0.15) is 0 Å². The van der Waals surface area contributed by atoms with E-state index in [4.69, 9.17) is 0 Å². The Kier molecular flexibility index (Phi) is 7.68. The third-order valence-electron chi connectivity index (χ3n) is 5.98. The van der Waals surface area contributed by atoms with Gasteiger partial charge in [0.25, 0.3) is 0 Å². The fraction of sp³-hybridized carbons (Fsp3) is 0.375. The molecule has 0 fully saturated rings. The van der Waals surface area contributed by atoms with Crippen LogP contribution < -0.4 is 0 Å². The zero-order chi connectivity index (χ0) is 23.5. The summed E-state index contributed by atoms with van der Waals surface area (Å²) in [5, 5.41) is 37.0. The second-order valence-corrected chi connectivity index (χ2v) is 10.8. The standard InChI is InChI=1S/C24H27N3O3S3/c1-13-19(4-22-25-16(7-28)10-31-22)14(2)21(6-24-27-18(9-30)12-33-24)15(3)20(13)5-23-26-17(8-29)11-32-23/h10-12,28-30H,4-9H2,1-3H3. The summed E-state index contributed by atoms with van der Waals surface area (Å²) in [4.78, 5) is 13.7. The van der Waals surface area contributed by atoms with E-state index in [0.29, 0.717) is 36.3 Å². The number of hydrogen-bond acceptors (Lipinski definition) is 9. The molecular weight excluding hydrogens is 474 g/mol. The van der Waals surface area contributed by atoms with Gasteiger partial charge in [0.2, 0.25) is 0 Å². The van der Waals surface area contributed by atoms with Crippen molar-refractivity contribution in [2.75, 3.05) is 0 Å². The van der Waals surface area contributed by atoms with Gasteiger partial charge in [-0.25, -0.2) is 15.0 Å². The lowest BCUT2D eigenvalue weighted by atomic mass is 9.85. The van der Waals surface area contributed by atoms with E-state index < -0.39 is 0 Å². The van der Waals surface area contributed by atoms with Gasteiger partial charge < -0.3 is 15.3 Å². The first kappa shape index (κ1) is 24.1. The molecule has 1 aromatic carbocycles. The van der Waals surface area contributed by atoms with Crippen LogP contribution in [0, 0.1) is 20.8 Å². The average Bonchev–Trinajstić information content (AvgIpc) is 3.57. The Bertz CT molecular complexity index is 1090. The van der Waals surface area contributed by atoms with E-state index >= 15 is 0 Å². The second-order valence-electron chi connectivity index (χ2n) is 8.01. The summed E-state index contributed by atoms with van der Waals surface area (Å²) < 4.78 is 0. The monoisotopic (exact) mass is 501 g/mol. The average molecular weight is 502 g/mol. The molecule has 0 spiro atoms. The van der Waals surface area contributed by atoms with Gasteiger partial charge in [-0.3, -0.25) is 0 Å². The minimum atomic E-state index is -0.0483. The summed E-state index contributed by atoms with van der Waals surface area (Å²) in [5.41, 5.74) is 9.60. The molecule has 33 heavy (non-hydrogen) atoms. The summed E-state index contributed by atoms with van der Waals surface area (Å²) >= 11 is 4.73. The minimum absolute atomic E-state index is 0.0483. The molecule has 0 atom stereocenters. The molecule has 0 radical (unpaired) electrons. The first-order chi connectivity index (χ1) is 15.9. The molecule has 9 heteroatoms. The highest BCUT2D eigenvalue weighted by Crippen LogP contribution is 2.33. The van der Waals surface area contributed by atoms with Gasteiger partial charge in [0.1, 0.15) is 0 Å². The number of rotatable bonds is 9. The molecule has 0 saturated carbocycles. The molecule has 0 bridgehead atoms. The van der Waals surface area contributed by atoms with E-state index in [9.17, 15) is 15.3 Å². The van der Waals surface area contributed by atoms with E-state index in [1.165, 1.54) is 33.4 Å². The molecule has 3 aromatic heterocycles. The van der Waals surface area contributed by atoms with Gasteiger partial charge in [0.05, 0.1) is 51.9 Å². The third kappa shape index (κ3) is 5.24. The van der Waals surface area contributed by atoms with Crippen molar-refractivity contribution in [3.63, 3.8) is 0 Å². The quantitative estimate of drug-likeness (QED) is 0.317. The van der Waals surface area contributed by atoms with E-state index in [2.05, 4.69) is 35.7 Å². The van der Waals surface area contributed by atoms with Crippen molar-refractivity contribution < 1.29 is 15.3 Å². The van der Waals surface area contributed by atoms with Crippen LogP contribution in [0.3, 0.4) is 0 Å². The van der Waals surface area contributed by atoms with Crippen molar-refractivity contribution >= 4 is 34.0 Å². The van der Waals surface area contributed by atoms with Gasteiger partial charge in [-0.15, -0.1) is 34.0 Å². The smallest absolute Gasteiger partial charge is 0.0973 e. The Morgan fingerprint density at radius 2 is 0.818 bits per heavy atom. The van der Waals surface area contributed by atoms with Crippen molar-refractivity contribution in [1.29, 1.82) is 0 Å². The van der Waals surface area contributed by atoms with Crippen LogP contribution in [0.5, 0.6) is 0 Å². The molecule has 0 aliphatic rings. The van der Waals surface area contributed by atoms with Crippen LogP contribution in [0.1, 0.15) is 65.5 Å². The highest BCUT2D eigenvalue weighted by molar-refractivity contribution is 7.10. The van der Waals surface area contributed by atoms with Crippen molar-refractivity contribution in [2.45, 2.75) is 59.9 Å². The first-order valence-electron chi connectivity index (χ1n) is 10.7. The lowest BCUT2D eigenvalue weighted by molar-refractivity contribution is 0.277. The van der Waals surface area contributed by atoms with Crippen molar-refractivity contribution in [3.8, 4) is 0 Å². The van der Waals surface area contributed by atoms with Crippen molar-refractivity contribution in [2.24, 2.45) is 0 Å². The van der Waals surface area contributed by atoms with Crippen LogP contribution in [0.25, 0.3) is 0 Å². The SMILES string of the molecule is Cc1c(Cc2nc(CO)cs2)c(C)c(Cc2nc(CO)cs2)c(C)c1Cc1nc(CO)cs1. The van der Waals surface area contributed by atoms with Crippen LogP contribution in [0.2, 0.25) is 0 Å². The summed E-state index contributed by atoms with van der Waals surface area (Å²) in [6, 6.07) is 0. The van der Waals surface area contributed by atoms with Crippen LogP contribution in [0.4, 0.5) is 0 Å². The predicted molar refractivity (Wildman–Crippen MR) is 133 cm³/mol. The highest BCUT2D eigenvalue weighted by atomic mass is 32.1. The number of aromatic nitrogens is 3. The number of thiazole rings is 3. The van der Waals surface area contributed by atoms with Gasteiger partial charge in [-0.1, -0.05) is 0 Å². The molecule has 174 valence electrons. The summed E-state index contributed by atoms with van der Waals surface area (Å²) in [5.74, 6) is 0. The van der Waals surface area contributed by atoms with Crippen LogP contribution >= 0.6 is 34.0 Å². The Hall–Kier alpha value is -2.01. The minimum Gasteiger partial charge on any atom is -0.390 e. The zero-order valence-corrected chi connectivity index (χ0v) is 21.3. The number of benzene rings is 1. The molecule has 0 saturated heterocycles. The lowest BCUT2D eigenvalue weighted by Crippen LogP contribution is -2.09. The van der Waals surface area contributed by atoms with Gasteiger partial charge in [0, 0.05) is 35.4 Å². The van der Waals surface area contributed by atoms with Crippen molar-refractivity contribution in [3.05, 3.63) is 81.6 Å². The molecule has 3 heterocycles. The second kappa shape index (κ2) is 10.5. The maximum atomic E-state index is 9.42. The van der Waals surface area contributed by atoms with Gasteiger partial charge in [0.15, 0.2) is 0 Å². The Morgan fingerprint density at radius 1 is 0.545 bits per heavy atom. The summed E-state index contributed by atoms with van der Waals surface area (Å²) in [7, 11) is 0. The topological polar surface area (TPSA) is 99.4 Å². The highest BCUT2D eigenvalue weighted by Gasteiger charge is 2.20. The van der Waals surface area contributed by atoms with Crippen LogP contribution in [-0.4, -0.2) is 30.3 Å². The number of hydrogen-bond donors (Lipinski definition) is 3. The third-order valence-corrected chi connectivity index (χ3v) is 8.68. The number of aliphatic hydroxyl groups is 3. The largest absolute Gasteiger partial charge is 0.390 e. The molecule has 0 unspecified atom stereocenters. The van der Waals surface area contributed by atoms with Gasteiger partial charge in [-0.05, 0) is 54.2 Å². The Labute approximate surface area is 205 Å². The van der Waals surface area contributed by atoms with E-state index in [-0.39, 0.29) is 19.8 Å². The maximum absolute atomic E-state index is 9.42. The fourth-order valence-corrected chi connectivity index (χ4v) is 6.54. The first-order valence-corrected chi connectivity index (χ1v) is 13.3.